The normalized spacial score (nSPS) is 17.5. The molecule has 0 aromatic carbocycles. The number of nitrogens with one attached hydrogen (secondary N) is 2. The second kappa shape index (κ2) is 7.25. The van der Waals surface area contributed by atoms with Crippen molar-refractivity contribution < 1.29 is 0 Å². The van der Waals surface area contributed by atoms with Crippen molar-refractivity contribution in [3.63, 3.8) is 0 Å². The Morgan fingerprint density at radius 1 is 1.21 bits per heavy atom. The molecule has 0 aliphatic carbocycles. The smallest absolute Gasteiger partial charge is 0.149 e. The van der Waals surface area contributed by atoms with Gasteiger partial charge >= 0.3 is 0 Å². The van der Waals surface area contributed by atoms with E-state index in [9.17, 15) is 0 Å². The highest BCUT2D eigenvalue weighted by Crippen LogP contribution is 2.06. The topological polar surface area (TPSA) is 68.1 Å². The number of hydrogen-bond acceptors (Lipinski definition) is 5. The summed E-state index contributed by atoms with van der Waals surface area (Å²) in [6.07, 6.45) is 2.53. The fraction of sp³-hybridized carbons (Fsp3) is 0.692. The number of piperazine rings is 1. The van der Waals surface area contributed by atoms with Crippen molar-refractivity contribution in [3.8, 4) is 0 Å². The van der Waals surface area contributed by atoms with E-state index in [2.05, 4.69) is 32.0 Å². The summed E-state index contributed by atoms with van der Waals surface area (Å²) < 4.78 is 0. The summed E-state index contributed by atoms with van der Waals surface area (Å²) in [5.74, 6) is 1.00. The Morgan fingerprint density at radius 2 is 1.95 bits per heavy atom. The molecule has 0 saturated carbocycles. The van der Waals surface area contributed by atoms with Crippen LogP contribution in [-0.4, -0.2) is 65.6 Å². The molecule has 6 heteroatoms. The third-order valence-corrected chi connectivity index (χ3v) is 3.54. The van der Waals surface area contributed by atoms with E-state index in [0.29, 0.717) is 0 Å². The Bertz CT molecular complexity index is 375. The molecule has 0 unspecified atom stereocenters. The Morgan fingerprint density at radius 3 is 2.63 bits per heavy atom. The highest BCUT2D eigenvalue weighted by molar-refractivity contribution is 5.41. The summed E-state index contributed by atoms with van der Waals surface area (Å²) in [5.41, 5.74) is 7.41. The van der Waals surface area contributed by atoms with Crippen LogP contribution in [0.5, 0.6) is 0 Å². The lowest BCUT2D eigenvalue weighted by atomic mass is 10.3. The molecule has 19 heavy (non-hydrogen) atoms. The van der Waals surface area contributed by atoms with Crippen LogP contribution in [0.2, 0.25) is 0 Å². The van der Waals surface area contributed by atoms with E-state index in [0.717, 1.165) is 25.3 Å². The Balaban J connectivity index is 1.60. The van der Waals surface area contributed by atoms with Crippen molar-refractivity contribution in [2.24, 2.45) is 0 Å². The maximum Gasteiger partial charge on any atom is 0.149 e. The van der Waals surface area contributed by atoms with Gasteiger partial charge in [-0.25, -0.2) is 9.97 Å². The highest BCUT2D eigenvalue weighted by atomic mass is 15.3. The van der Waals surface area contributed by atoms with Crippen LogP contribution >= 0.6 is 0 Å². The third-order valence-electron chi connectivity index (χ3n) is 3.54. The van der Waals surface area contributed by atoms with Gasteiger partial charge in [-0.2, -0.15) is 0 Å². The van der Waals surface area contributed by atoms with Crippen LogP contribution in [-0.2, 0) is 0 Å². The van der Waals surface area contributed by atoms with Crippen molar-refractivity contribution in [1.82, 2.24) is 25.5 Å². The van der Waals surface area contributed by atoms with Gasteiger partial charge in [0.15, 0.2) is 0 Å². The predicted molar refractivity (Wildman–Crippen MR) is 76.4 cm³/mol. The zero-order valence-corrected chi connectivity index (χ0v) is 11.6. The maximum atomic E-state index is 7.41. The Kier molecular flexibility index (Phi) is 5.35. The summed E-state index contributed by atoms with van der Waals surface area (Å²) in [6, 6.07) is 1.65. The fourth-order valence-corrected chi connectivity index (χ4v) is 2.30. The van der Waals surface area contributed by atoms with Crippen molar-refractivity contribution in [1.29, 1.82) is 0 Å². The lowest BCUT2D eigenvalue weighted by Gasteiger charge is -2.33. The second-order valence-electron chi connectivity index (χ2n) is 4.84. The number of aromatic nitrogens is 2. The predicted octanol–water partition coefficient (Wildman–Crippen LogP) is 0.830. The van der Waals surface area contributed by atoms with Crippen LogP contribution in [0.4, 0.5) is 11.6 Å². The van der Waals surface area contributed by atoms with Gasteiger partial charge in [-0.15, -0.1) is 0 Å². The second-order valence-corrected chi connectivity index (χ2v) is 4.84. The van der Waals surface area contributed by atoms with Gasteiger partial charge in [0.25, 0.3) is 0 Å². The minimum atomic E-state index is 0.258. The molecule has 0 bridgehead atoms. The zero-order valence-electron chi connectivity index (χ0n) is 11.6. The van der Waals surface area contributed by atoms with Gasteiger partial charge in [0.2, 0.25) is 0 Å². The molecule has 1 fully saturated rings. The molecule has 1 aromatic rings. The first kappa shape index (κ1) is 14.0. The lowest BCUT2D eigenvalue weighted by molar-refractivity contribution is 0.137. The maximum absolute atomic E-state index is 7.41. The molecular weight excluding hydrogens is 240 g/mol. The average molecular weight is 263 g/mol. The number of anilines is 1. The SMILES string of the molecule is CCN1CCN(CCCNc2cc([NH])ncn2)CC1. The van der Waals surface area contributed by atoms with Crippen molar-refractivity contribution in [3.05, 3.63) is 12.4 Å². The standard InChI is InChI=1S/C13H23N6/c1-2-18-6-8-19(9-7-18)5-3-4-15-13-10-12(14)16-11-17-13/h10-11,14H,2-9H2,1H3,(H,15,16,17). The quantitative estimate of drug-likeness (QED) is 0.770. The average Bonchev–Trinajstić information content (AvgIpc) is 2.44. The summed E-state index contributed by atoms with van der Waals surface area (Å²) in [7, 11) is 0. The van der Waals surface area contributed by atoms with E-state index < -0.39 is 0 Å². The number of hydrogen-bond donors (Lipinski definition) is 1. The minimum absolute atomic E-state index is 0.258. The molecule has 105 valence electrons. The molecule has 1 aromatic heterocycles. The van der Waals surface area contributed by atoms with Gasteiger partial charge in [0.1, 0.15) is 18.0 Å². The van der Waals surface area contributed by atoms with E-state index in [1.165, 1.54) is 39.1 Å². The summed E-state index contributed by atoms with van der Waals surface area (Å²) >= 11 is 0. The van der Waals surface area contributed by atoms with Crippen LogP contribution in [0, 0.1) is 0 Å². The number of nitrogens with zero attached hydrogens (tertiary/aromatic N) is 4. The van der Waals surface area contributed by atoms with E-state index in [-0.39, 0.29) is 5.82 Å². The van der Waals surface area contributed by atoms with Gasteiger partial charge < -0.3 is 15.1 Å². The van der Waals surface area contributed by atoms with E-state index >= 15 is 0 Å². The molecule has 1 aliphatic heterocycles. The molecule has 0 spiro atoms. The summed E-state index contributed by atoms with van der Waals surface area (Å²) in [4.78, 5) is 12.9. The van der Waals surface area contributed by atoms with Gasteiger partial charge in [-0.3, -0.25) is 5.73 Å². The van der Waals surface area contributed by atoms with Crippen LogP contribution in [0.25, 0.3) is 0 Å². The molecule has 2 heterocycles. The van der Waals surface area contributed by atoms with Crippen molar-refractivity contribution in [2.45, 2.75) is 13.3 Å². The molecule has 0 amide bonds. The van der Waals surface area contributed by atoms with Crippen molar-refractivity contribution >= 4 is 11.6 Å². The number of rotatable bonds is 6. The van der Waals surface area contributed by atoms with E-state index in [4.69, 9.17) is 5.73 Å². The van der Waals surface area contributed by atoms with E-state index in [1.807, 2.05) is 0 Å². The molecule has 2 rings (SSSR count). The van der Waals surface area contributed by atoms with Crippen LogP contribution in [0.15, 0.2) is 12.4 Å². The third kappa shape index (κ3) is 4.65. The highest BCUT2D eigenvalue weighted by Gasteiger charge is 2.14. The minimum Gasteiger partial charge on any atom is -0.370 e. The summed E-state index contributed by atoms with van der Waals surface area (Å²) in [6.45, 7) is 10.2. The Hall–Kier alpha value is -1.40. The monoisotopic (exact) mass is 263 g/mol. The lowest BCUT2D eigenvalue weighted by Crippen LogP contribution is -2.46. The van der Waals surface area contributed by atoms with Gasteiger partial charge in [-0.1, -0.05) is 6.92 Å². The molecule has 1 aliphatic rings. The summed E-state index contributed by atoms with van der Waals surface area (Å²) in [5, 5.41) is 3.24. The fourth-order valence-electron chi connectivity index (χ4n) is 2.30. The molecule has 1 saturated heterocycles. The first-order valence-electron chi connectivity index (χ1n) is 7.00. The molecular formula is C13H23N6. The van der Waals surface area contributed by atoms with Crippen LogP contribution < -0.4 is 11.1 Å². The molecule has 0 atom stereocenters. The molecule has 1 radical (unpaired) electrons. The van der Waals surface area contributed by atoms with Crippen LogP contribution in [0.3, 0.4) is 0 Å². The first-order chi connectivity index (χ1) is 9.28. The largest absolute Gasteiger partial charge is 0.370 e. The molecule has 2 N–H and O–H groups in total. The van der Waals surface area contributed by atoms with E-state index in [1.54, 1.807) is 6.07 Å². The Labute approximate surface area is 115 Å². The van der Waals surface area contributed by atoms with Gasteiger partial charge in [0, 0.05) is 38.8 Å². The molecule has 6 nitrogen and oxygen atoms in total. The first-order valence-corrected chi connectivity index (χ1v) is 7.00. The van der Waals surface area contributed by atoms with Gasteiger partial charge in [-0.05, 0) is 19.5 Å². The van der Waals surface area contributed by atoms with Crippen LogP contribution in [0.1, 0.15) is 13.3 Å². The number of likely N-dealkylation sites (N-methyl/N-ethyl adjacent to an activating group) is 1. The van der Waals surface area contributed by atoms with Gasteiger partial charge in [0.05, 0.1) is 0 Å². The van der Waals surface area contributed by atoms with Crippen molar-refractivity contribution in [2.75, 3.05) is 51.1 Å². The zero-order chi connectivity index (χ0) is 13.5.